The number of carbonyl (C=O) groups is 1. The van der Waals surface area contributed by atoms with Gasteiger partial charge in [-0.1, -0.05) is 0 Å². The number of hydroxylamine groups is 2. The number of quaternary nitrogens is 1. The molecule has 13 heavy (non-hydrogen) atoms. The van der Waals surface area contributed by atoms with Crippen LogP contribution in [0.1, 0.15) is 12.8 Å². The molecule has 78 valence electrons. The number of rotatable bonds is 3. The summed E-state index contributed by atoms with van der Waals surface area (Å²) in [6.45, 7) is 0.691. The summed E-state index contributed by atoms with van der Waals surface area (Å²) in [7, 11) is 4.70. The van der Waals surface area contributed by atoms with Crippen molar-refractivity contribution >= 4 is 5.91 Å². The van der Waals surface area contributed by atoms with E-state index in [9.17, 15) is 4.79 Å². The summed E-state index contributed by atoms with van der Waals surface area (Å²) in [5.74, 6) is 0.0706. The molecule has 1 aliphatic rings. The maximum atomic E-state index is 11.3. The quantitative estimate of drug-likeness (QED) is 0.371. The van der Waals surface area contributed by atoms with E-state index in [4.69, 9.17) is 9.68 Å². The molecular formula is C7H15ClN2O3. The Morgan fingerprint density at radius 3 is 2.23 bits per heavy atom. The summed E-state index contributed by atoms with van der Waals surface area (Å²) in [6, 6.07) is 0. The Bertz CT molecular complexity index is 185. The van der Waals surface area contributed by atoms with E-state index in [2.05, 4.69) is 0 Å². The monoisotopic (exact) mass is 210 g/mol. The van der Waals surface area contributed by atoms with E-state index >= 15 is 0 Å². The first kappa shape index (κ1) is 12.6. The van der Waals surface area contributed by atoms with E-state index in [0.29, 0.717) is 13.0 Å². The van der Waals surface area contributed by atoms with Crippen LogP contribution >= 0.6 is 0 Å². The smallest absolute Gasteiger partial charge is 0.273 e. The molecule has 1 fully saturated rings. The lowest BCUT2D eigenvalue weighted by Gasteiger charge is -2.31. The van der Waals surface area contributed by atoms with Crippen LogP contribution in [-0.4, -0.2) is 43.6 Å². The zero-order valence-corrected chi connectivity index (χ0v) is 8.87. The van der Waals surface area contributed by atoms with E-state index in [0.717, 1.165) is 6.42 Å². The topological polar surface area (TPSA) is 38.8 Å². The molecule has 1 rings (SSSR count). The zero-order valence-electron chi connectivity index (χ0n) is 8.12. The Morgan fingerprint density at radius 2 is 1.92 bits per heavy atom. The van der Waals surface area contributed by atoms with Crippen molar-refractivity contribution in [1.29, 1.82) is 0 Å². The van der Waals surface area contributed by atoms with E-state index < -0.39 is 0 Å². The second kappa shape index (κ2) is 4.76. The number of hydrogen-bond acceptors (Lipinski definition) is 3. The molecule has 0 N–H and O–H groups in total. The number of carbonyl (C=O) groups excluding carboxylic acids is 1. The largest absolute Gasteiger partial charge is 1.00 e. The van der Waals surface area contributed by atoms with Gasteiger partial charge in [-0.3, -0.25) is 4.79 Å². The highest BCUT2D eigenvalue weighted by Crippen LogP contribution is 2.18. The van der Waals surface area contributed by atoms with Crippen LogP contribution in [0.2, 0.25) is 0 Å². The molecule has 0 atom stereocenters. The lowest BCUT2D eigenvalue weighted by Crippen LogP contribution is -3.00. The third-order valence-corrected chi connectivity index (χ3v) is 2.16. The van der Waals surface area contributed by atoms with Gasteiger partial charge in [-0.25, -0.2) is 0 Å². The average molecular weight is 211 g/mol. The molecule has 0 radical (unpaired) electrons. The Hall–Kier alpha value is -0.360. The fraction of sp³-hybridized carbons (Fsp3) is 0.857. The molecule has 0 saturated carbocycles. The van der Waals surface area contributed by atoms with Gasteiger partial charge in [0.05, 0.1) is 11.5 Å². The van der Waals surface area contributed by atoms with Crippen LogP contribution in [0, 0.1) is 0 Å². The Labute approximate surface area is 84.1 Å². The Morgan fingerprint density at radius 1 is 1.38 bits per heavy atom. The summed E-state index contributed by atoms with van der Waals surface area (Å²) in [4.78, 5) is 21.2. The summed E-state index contributed by atoms with van der Waals surface area (Å²) >= 11 is 0. The fourth-order valence-electron chi connectivity index (χ4n) is 1.29. The summed E-state index contributed by atoms with van der Waals surface area (Å²) in [5, 5.41) is 1.56. The molecule has 1 amide bonds. The average Bonchev–Trinajstić information content (AvgIpc) is 2.51. The standard InChI is InChI=1S/C7H15N2O3.ClH/c1-9(11-2,12-3)8-6-4-5-7(8)10;/h4-6H2,1-3H3;1H/q+1;/p-1. The van der Waals surface area contributed by atoms with Crippen LogP contribution in [0.5, 0.6) is 0 Å². The lowest BCUT2D eigenvalue weighted by molar-refractivity contribution is -1.29. The van der Waals surface area contributed by atoms with Crippen molar-refractivity contribution in [2.45, 2.75) is 12.8 Å². The minimum absolute atomic E-state index is 0. The van der Waals surface area contributed by atoms with Crippen molar-refractivity contribution in [1.82, 2.24) is 5.01 Å². The van der Waals surface area contributed by atoms with Gasteiger partial charge < -0.3 is 12.4 Å². The van der Waals surface area contributed by atoms with E-state index in [1.165, 1.54) is 14.2 Å². The highest BCUT2D eigenvalue weighted by Gasteiger charge is 2.40. The molecule has 1 saturated heterocycles. The second-order valence-corrected chi connectivity index (χ2v) is 2.79. The molecule has 0 aromatic rings. The number of hydrogen-bond donors (Lipinski definition) is 0. The molecule has 1 aliphatic heterocycles. The molecule has 0 spiro atoms. The van der Waals surface area contributed by atoms with Crippen LogP contribution < -0.4 is 12.4 Å². The first-order valence-corrected chi connectivity index (χ1v) is 3.93. The van der Waals surface area contributed by atoms with Crippen LogP contribution in [-0.2, 0) is 14.5 Å². The summed E-state index contributed by atoms with van der Waals surface area (Å²) in [5.41, 5.74) is 0. The van der Waals surface area contributed by atoms with Crippen LogP contribution in [0.4, 0.5) is 0 Å². The van der Waals surface area contributed by atoms with Crippen molar-refractivity contribution in [2.75, 3.05) is 27.8 Å². The van der Waals surface area contributed by atoms with Gasteiger partial charge in [0, 0.05) is 6.42 Å². The SMILES string of the molecule is CO[N+](C)(OC)N1CCCC1=O.[Cl-]. The first-order valence-electron chi connectivity index (χ1n) is 3.93. The molecule has 0 aromatic heterocycles. The van der Waals surface area contributed by atoms with Crippen LogP contribution in [0.15, 0.2) is 0 Å². The molecule has 6 heteroatoms. The molecule has 0 aromatic carbocycles. The van der Waals surface area contributed by atoms with Crippen molar-refractivity contribution in [3.63, 3.8) is 0 Å². The number of nitrogens with zero attached hydrogens (tertiary/aromatic N) is 2. The van der Waals surface area contributed by atoms with E-state index in [1.807, 2.05) is 0 Å². The molecule has 0 unspecified atom stereocenters. The van der Waals surface area contributed by atoms with Gasteiger partial charge in [0.15, 0.2) is 7.05 Å². The van der Waals surface area contributed by atoms with Gasteiger partial charge in [-0.05, 0) is 6.42 Å². The molecule has 5 nitrogen and oxygen atoms in total. The van der Waals surface area contributed by atoms with Crippen LogP contribution in [0.25, 0.3) is 0 Å². The maximum absolute atomic E-state index is 11.3. The van der Waals surface area contributed by atoms with Gasteiger partial charge in [0.25, 0.3) is 5.91 Å². The normalized spacial score (nSPS) is 17.5. The van der Waals surface area contributed by atoms with Crippen molar-refractivity contribution in [3.05, 3.63) is 0 Å². The van der Waals surface area contributed by atoms with Crippen molar-refractivity contribution in [2.24, 2.45) is 0 Å². The zero-order chi connectivity index (χ0) is 9.19. The third kappa shape index (κ3) is 2.31. The van der Waals surface area contributed by atoms with Crippen molar-refractivity contribution < 1.29 is 31.8 Å². The van der Waals surface area contributed by atoms with Crippen LogP contribution in [0.3, 0.4) is 0 Å². The van der Waals surface area contributed by atoms with Gasteiger partial charge in [-0.2, -0.15) is 0 Å². The van der Waals surface area contributed by atoms with E-state index in [1.54, 1.807) is 12.1 Å². The number of halogens is 1. The summed E-state index contributed by atoms with van der Waals surface area (Å²) < 4.78 is 0. The second-order valence-electron chi connectivity index (χ2n) is 2.79. The minimum Gasteiger partial charge on any atom is -1.00 e. The minimum atomic E-state index is -0.223. The Balaban J connectivity index is 0.00000144. The first-order chi connectivity index (χ1) is 5.64. The van der Waals surface area contributed by atoms with Gasteiger partial charge >= 0.3 is 0 Å². The third-order valence-electron chi connectivity index (χ3n) is 2.16. The van der Waals surface area contributed by atoms with E-state index in [-0.39, 0.29) is 23.2 Å². The lowest BCUT2D eigenvalue weighted by atomic mass is 10.4. The molecule has 0 aliphatic carbocycles. The highest BCUT2D eigenvalue weighted by atomic mass is 35.5. The molecule has 1 heterocycles. The van der Waals surface area contributed by atoms with Gasteiger partial charge in [0.1, 0.15) is 14.2 Å². The predicted octanol–water partition coefficient (Wildman–Crippen LogP) is -2.90. The summed E-state index contributed by atoms with van der Waals surface area (Å²) in [6.07, 6.45) is 1.46. The maximum Gasteiger partial charge on any atom is 0.273 e. The molecule has 0 bridgehead atoms. The van der Waals surface area contributed by atoms with Gasteiger partial charge in [-0.15, -0.1) is 14.7 Å². The number of amides is 1. The Kier molecular flexibility index (Phi) is 4.63. The highest BCUT2D eigenvalue weighted by molar-refractivity contribution is 5.76. The van der Waals surface area contributed by atoms with Crippen molar-refractivity contribution in [3.8, 4) is 0 Å². The predicted molar refractivity (Wildman–Crippen MR) is 41.1 cm³/mol. The molecular weight excluding hydrogens is 196 g/mol. The fourth-order valence-corrected chi connectivity index (χ4v) is 1.29. The van der Waals surface area contributed by atoms with Gasteiger partial charge in [0.2, 0.25) is 0 Å².